The molecule has 0 spiro atoms. The summed E-state index contributed by atoms with van der Waals surface area (Å²) in [5.41, 5.74) is 0.228. The van der Waals surface area contributed by atoms with Gasteiger partial charge in [0, 0.05) is 31.9 Å². The maximum Gasteiger partial charge on any atom is 0.410 e. The number of hydrogen-bond acceptors (Lipinski definition) is 4. The number of hydrogen-bond donors (Lipinski definition) is 0. The Hall–Kier alpha value is -1.72. The standard InChI is InChI=1S/C15H22BN3O2/c1-11-10-18(13-9-12(16)5-6-17-13)7-8-19(11)14(20)21-15(2,3)4/h5-6,9,11H,7-8,10H2,1-4H3. The van der Waals surface area contributed by atoms with Crippen molar-refractivity contribution in [3.05, 3.63) is 18.3 Å². The Labute approximate surface area is 127 Å². The van der Waals surface area contributed by atoms with Crippen LogP contribution in [0.5, 0.6) is 0 Å². The zero-order chi connectivity index (χ0) is 15.6. The van der Waals surface area contributed by atoms with E-state index in [4.69, 9.17) is 12.6 Å². The van der Waals surface area contributed by atoms with Gasteiger partial charge in [-0.25, -0.2) is 9.78 Å². The molecule has 0 aliphatic carbocycles. The van der Waals surface area contributed by atoms with Crippen molar-refractivity contribution < 1.29 is 9.53 Å². The van der Waals surface area contributed by atoms with Crippen molar-refractivity contribution in [2.45, 2.75) is 39.3 Å². The van der Waals surface area contributed by atoms with Crippen molar-refractivity contribution in [1.29, 1.82) is 0 Å². The molecule has 0 N–H and O–H groups in total. The molecule has 5 nitrogen and oxygen atoms in total. The van der Waals surface area contributed by atoms with E-state index in [-0.39, 0.29) is 12.1 Å². The highest BCUT2D eigenvalue weighted by atomic mass is 16.6. The van der Waals surface area contributed by atoms with Gasteiger partial charge in [-0.2, -0.15) is 0 Å². The van der Waals surface area contributed by atoms with Gasteiger partial charge >= 0.3 is 6.09 Å². The molecule has 1 unspecified atom stereocenters. The summed E-state index contributed by atoms with van der Waals surface area (Å²) in [6, 6.07) is 3.69. The van der Waals surface area contributed by atoms with Crippen molar-refractivity contribution in [3.8, 4) is 0 Å². The Balaban J connectivity index is 2.01. The number of piperazine rings is 1. The second kappa shape index (κ2) is 5.96. The van der Waals surface area contributed by atoms with Gasteiger partial charge in [0.2, 0.25) is 0 Å². The summed E-state index contributed by atoms with van der Waals surface area (Å²) in [7, 11) is 5.79. The maximum atomic E-state index is 12.2. The van der Waals surface area contributed by atoms with Crippen molar-refractivity contribution in [2.75, 3.05) is 24.5 Å². The fraction of sp³-hybridized carbons (Fsp3) is 0.600. The van der Waals surface area contributed by atoms with E-state index in [1.54, 1.807) is 17.2 Å². The third-order valence-corrected chi connectivity index (χ3v) is 3.35. The molecule has 112 valence electrons. The highest BCUT2D eigenvalue weighted by Gasteiger charge is 2.31. The van der Waals surface area contributed by atoms with Gasteiger partial charge in [0.05, 0.1) is 0 Å². The van der Waals surface area contributed by atoms with E-state index in [0.29, 0.717) is 12.0 Å². The Kier molecular flexibility index (Phi) is 4.44. The molecule has 0 bridgehead atoms. The maximum absolute atomic E-state index is 12.2. The van der Waals surface area contributed by atoms with Crippen LogP contribution in [0.2, 0.25) is 0 Å². The molecule has 1 atom stereocenters. The van der Waals surface area contributed by atoms with Crippen LogP contribution in [0.3, 0.4) is 0 Å². The molecule has 2 radical (unpaired) electrons. The molecule has 21 heavy (non-hydrogen) atoms. The van der Waals surface area contributed by atoms with Crippen LogP contribution in [0.15, 0.2) is 18.3 Å². The molecule has 1 aliphatic heterocycles. The molecule has 1 fully saturated rings. The van der Waals surface area contributed by atoms with Gasteiger partial charge < -0.3 is 14.5 Å². The third-order valence-electron chi connectivity index (χ3n) is 3.35. The fourth-order valence-electron chi connectivity index (χ4n) is 2.36. The summed E-state index contributed by atoms with van der Waals surface area (Å²) in [5.74, 6) is 0.852. The van der Waals surface area contributed by atoms with Gasteiger partial charge in [-0.3, -0.25) is 0 Å². The summed E-state index contributed by atoms with van der Waals surface area (Å²) >= 11 is 0. The molecular weight excluding hydrogens is 265 g/mol. The van der Waals surface area contributed by atoms with Gasteiger partial charge in [0.15, 0.2) is 0 Å². The fourth-order valence-corrected chi connectivity index (χ4v) is 2.36. The molecule has 0 aromatic carbocycles. The van der Waals surface area contributed by atoms with E-state index >= 15 is 0 Å². The highest BCUT2D eigenvalue weighted by molar-refractivity contribution is 6.32. The lowest BCUT2D eigenvalue weighted by atomic mass is 9.97. The number of carbonyl (C=O) groups is 1. The summed E-state index contributed by atoms with van der Waals surface area (Å²) in [5, 5.41) is 0. The average molecular weight is 287 g/mol. The molecular formula is C15H22BN3O2. The Morgan fingerprint density at radius 3 is 2.71 bits per heavy atom. The minimum Gasteiger partial charge on any atom is -0.444 e. The Morgan fingerprint density at radius 1 is 1.43 bits per heavy atom. The van der Waals surface area contributed by atoms with E-state index in [1.807, 2.05) is 33.8 Å². The number of amides is 1. The topological polar surface area (TPSA) is 45.7 Å². The monoisotopic (exact) mass is 287 g/mol. The van der Waals surface area contributed by atoms with Crippen LogP contribution in [0.4, 0.5) is 10.6 Å². The van der Waals surface area contributed by atoms with Gasteiger partial charge in [-0.05, 0) is 33.8 Å². The lowest BCUT2D eigenvalue weighted by Crippen LogP contribution is -2.55. The first-order valence-corrected chi connectivity index (χ1v) is 7.22. The molecule has 1 saturated heterocycles. The zero-order valence-electron chi connectivity index (χ0n) is 13.2. The van der Waals surface area contributed by atoms with Gasteiger partial charge in [0.25, 0.3) is 0 Å². The SMILES string of the molecule is [B]c1ccnc(N2CCN(C(=O)OC(C)(C)C)C(C)C2)c1. The molecule has 6 heteroatoms. The van der Waals surface area contributed by atoms with Crippen LogP contribution in [0.25, 0.3) is 0 Å². The van der Waals surface area contributed by atoms with E-state index in [1.165, 1.54) is 0 Å². The average Bonchev–Trinajstić information content (AvgIpc) is 2.36. The van der Waals surface area contributed by atoms with Crippen LogP contribution in [0, 0.1) is 0 Å². The van der Waals surface area contributed by atoms with Crippen molar-refractivity contribution >= 4 is 25.2 Å². The van der Waals surface area contributed by atoms with E-state index < -0.39 is 5.60 Å². The molecule has 1 aliphatic rings. The Bertz CT molecular complexity index is 516. The zero-order valence-corrected chi connectivity index (χ0v) is 13.2. The number of rotatable bonds is 1. The molecule has 0 saturated carbocycles. The largest absolute Gasteiger partial charge is 0.444 e. The molecule has 2 heterocycles. The van der Waals surface area contributed by atoms with E-state index in [9.17, 15) is 4.79 Å². The lowest BCUT2D eigenvalue weighted by Gasteiger charge is -2.40. The molecule has 2 rings (SSSR count). The summed E-state index contributed by atoms with van der Waals surface area (Å²) in [6.07, 6.45) is 1.45. The first-order chi connectivity index (χ1) is 9.76. The minimum atomic E-state index is -0.469. The van der Waals surface area contributed by atoms with Crippen molar-refractivity contribution in [3.63, 3.8) is 0 Å². The van der Waals surface area contributed by atoms with Crippen LogP contribution < -0.4 is 10.4 Å². The highest BCUT2D eigenvalue weighted by Crippen LogP contribution is 2.18. The number of nitrogens with zero attached hydrogens (tertiary/aromatic N) is 3. The van der Waals surface area contributed by atoms with Crippen LogP contribution in [0.1, 0.15) is 27.7 Å². The van der Waals surface area contributed by atoms with E-state index in [0.717, 1.165) is 18.9 Å². The third kappa shape index (κ3) is 4.13. The van der Waals surface area contributed by atoms with Gasteiger partial charge in [-0.15, -0.1) is 0 Å². The number of ether oxygens (including phenoxy) is 1. The number of pyridine rings is 1. The normalized spacial score (nSPS) is 19.5. The molecule has 1 aromatic rings. The van der Waals surface area contributed by atoms with Crippen molar-refractivity contribution in [2.24, 2.45) is 0 Å². The quantitative estimate of drug-likeness (QED) is 0.731. The summed E-state index contributed by atoms with van der Waals surface area (Å²) in [6.45, 7) is 9.71. The Morgan fingerprint density at radius 2 is 2.14 bits per heavy atom. The number of aromatic nitrogens is 1. The first-order valence-electron chi connectivity index (χ1n) is 7.22. The lowest BCUT2D eigenvalue weighted by molar-refractivity contribution is 0.0158. The first kappa shape index (κ1) is 15.7. The minimum absolute atomic E-state index is 0.0665. The predicted octanol–water partition coefficient (Wildman–Crippen LogP) is 1.32. The second-order valence-corrected chi connectivity index (χ2v) is 6.42. The van der Waals surface area contributed by atoms with Crippen LogP contribution in [-0.4, -0.2) is 55.1 Å². The van der Waals surface area contributed by atoms with E-state index in [2.05, 4.69) is 9.88 Å². The number of anilines is 1. The van der Waals surface area contributed by atoms with Crippen LogP contribution in [-0.2, 0) is 4.74 Å². The second-order valence-electron chi connectivity index (χ2n) is 6.42. The van der Waals surface area contributed by atoms with Gasteiger partial charge in [0.1, 0.15) is 19.3 Å². The summed E-state index contributed by atoms with van der Waals surface area (Å²) in [4.78, 5) is 20.4. The predicted molar refractivity (Wildman–Crippen MR) is 84.2 cm³/mol. The smallest absolute Gasteiger partial charge is 0.410 e. The van der Waals surface area contributed by atoms with Gasteiger partial charge in [-0.1, -0.05) is 11.5 Å². The summed E-state index contributed by atoms with van der Waals surface area (Å²) < 4.78 is 5.44. The number of carbonyl (C=O) groups excluding carboxylic acids is 1. The molecule has 1 amide bonds. The van der Waals surface area contributed by atoms with Crippen LogP contribution >= 0.6 is 0 Å². The van der Waals surface area contributed by atoms with Crippen molar-refractivity contribution in [1.82, 2.24) is 9.88 Å². The molecule has 1 aromatic heterocycles.